The standard InChI is InChI=1S/C18H30N2O/c1-13(20-16(21)12-19-18(5,6)7)14-8-10-15(11-9-14)17(2,3)4/h8-11,13,19H,12H2,1-7H3,(H,20,21). The maximum absolute atomic E-state index is 11.9. The van der Waals surface area contributed by atoms with Crippen LogP contribution in [0.4, 0.5) is 0 Å². The summed E-state index contributed by atoms with van der Waals surface area (Å²) in [5.41, 5.74) is 2.54. The van der Waals surface area contributed by atoms with E-state index in [0.29, 0.717) is 6.54 Å². The third-order valence-corrected chi connectivity index (χ3v) is 3.43. The van der Waals surface area contributed by atoms with Crippen LogP contribution in [0.25, 0.3) is 0 Å². The van der Waals surface area contributed by atoms with Gasteiger partial charge in [0, 0.05) is 5.54 Å². The number of hydrogen-bond acceptors (Lipinski definition) is 2. The van der Waals surface area contributed by atoms with E-state index in [9.17, 15) is 4.79 Å². The first kappa shape index (κ1) is 17.7. The minimum absolute atomic E-state index is 0.0216. The van der Waals surface area contributed by atoms with E-state index >= 15 is 0 Å². The van der Waals surface area contributed by atoms with Gasteiger partial charge in [-0.15, -0.1) is 0 Å². The Kier molecular flexibility index (Phi) is 5.57. The number of nitrogens with one attached hydrogen (secondary N) is 2. The third-order valence-electron chi connectivity index (χ3n) is 3.43. The van der Waals surface area contributed by atoms with Crippen LogP contribution in [0.5, 0.6) is 0 Å². The molecule has 0 fully saturated rings. The fourth-order valence-corrected chi connectivity index (χ4v) is 1.99. The molecule has 0 spiro atoms. The Bertz CT molecular complexity index is 463. The molecule has 1 rings (SSSR count). The van der Waals surface area contributed by atoms with Crippen molar-refractivity contribution in [2.24, 2.45) is 0 Å². The summed E-state index contributed by atoms with van der Waals surface area (Å²) < 4.78 is 0. The lowest BCUT2D eigenvalue weighted by Gasteiger charge is -2.22. The number of amides is 1. The molecule has 0 aliphatic rings. The van der Waals surface area contributed by atoms with Gasteiger partial charge < -0.3 is 10.6 Å². The Morgan fingerprint density at radius 1 is 1.05 bits per heavy atom. The normalized spacial score (nSPS) is 13.9. The topological polar surface area (TPSA) is 41.1 Å². The molecule has 118 valence electrons. The third kappa shape index (κ3) is 6.30. The fourth-order valence-electron chi connectivity index (χ4n) is 1.99. The van der Waals surface area contributed by atoms with Gasteiger partial charge in [0.15, 0.2) is 0 Å². The molecule has 1 amide bonds. The van der Waals surface area contributed by atoms with Crippen LogP contribution in [0.15, 0.2) is 24.3 Å². The Labute approximate surface area is 129 Å². The van der Waals surface area contributed by atoms with E-state index in [4.69, 9.17) is 0 Å². The van der Waals surface area contributed by atoms with Crippen LogP contribution in [0, 0.1) is 0 Å². The summed E-state index contributed by atoms with van der Waals surface area (Å²) in [6.07, 6.45) is 0. The number of hydrogen-bond donors (Lipinski definition) is 2. The Hall–Kier alpha value is -1.35. The lowest BCUT2D eigenvalue weighted by molar-refractivity contribution is -0.121. The van der Waals surface area contributed by atoms with Gasteiger partial charge in [-0.05, 0) is 44.2 Å². The molecule has 3 nitrogen and oxygen atoms in total. The number of rotatable bonds is 4. The molecule has 0 aliphatic carbocycles. The van der Waals surface area contributed by atoms with E-state index in [1.54, 1.807) is 0 Å². The summed E-state index contributed by atoms with van der Waals surface area (Å²) in [6, 6.07) is 8.51. The summed E-state index contributed by atoms with van der Waals surface area (Å²) in [5.74, 6) is 0.0253. The average molecular weight is 290 g/mol. The van der Waals surface area contributed by atoms with E-state index in [2.05, 4.69) is 76.4 Å². The summed E-state index contributed by atoms with van der Waals surface area (Å²) >= 11 is 0. The lowest BCUT2D eigenvalue weighted by Crippen LogP contribution is -2.43. The summed E-state index contributed by atoms with van der Waals surface area (Å²) in [6.45, 7) is 15.1. The number of benzene rings is 1. The Balaban J connectivity index is 2.59. The van der Waals surface area contributed by atoms with Gasteiger partial charge >= 0.3 is 0 Å². The predicted octanol–water partition coefficient (Wildman–Crippen LogP) is 3.55. The van der Waals surface area contributed by atoms with E-state index in [1.165, 1.54) is 5.56 Å². The maximum Gasteiger partial charge on any atom is 0.234 e. The van der Waals surface area contributed by atoms with Crippen LogP contribution in [0.2, 0.25) is 0 Å². The predicted molar refractivity (Wildman–Crippen MR) is 89.5 cm³/mol. The van der Waals surface area contributed by atoms with E-state index < -0.39 is 0 Å². The first-order chi connectivity index (χ1) is 9.49. The summed E-state index contributed by atoms with van der Waals surface area (Å²) in [4.78, 5) is 11.9. The molecule has 3 heteroatoms. The summed E-state index contributed by atoms with van der Waals surface area (Å²) in [7, 11) is 0. The van der Waals surface area contributed by atoms with E-state index in [0.717, 1.165) is 5.56 Å². The second-order valence-corrected chi connectivity index (χ2v) is 7.76. The van der Waals surface area contributed by atoms with Crippen molar-refractivity contribution >= 4 is 5.91 Å². The molecule has 0 radical (unpaired) electrons. The van der Waals surface area contributed by atoms with Crippen LogP contribution in [-0.4, -0.2) is 18.0 Å². The van der Waals surface area contributed by atoms with Crippen molar-refractivity contribution < 1.29 is 4.79 Å². The van der Waals surface area contributed by atoms with Gasteiger partial charge in [0.2, 0.25) is 5.91 Å². The zero-order valence-electron chi connectivity index (χ0n) is 14.5. The van der Waals surface area contributed by atoms with Gasteiger partial charge in [-0.3, -0.25) is 4.79 Å². The molecule has 0 aliphatic heterocycles. The smallest absolute Gasteiger partial charge is 0.234 e. The van der Waals surface area contributed by atoms with Crippen LogP contribution in [0.3, 0.4) is 0 Å². The molecular weight excluding hydrogens is 260 g/mol. The molecule has 1 unspecified atom stereocenters. The lowest BCUT2D eigenvalue weighted by atomic mass is 9.86. The highest BCUT2D eigenvalue weighted by Gasteiger charge is 2.16. The van der Waals surface area contributed by atoms with Crippen LogP contribution < -0.4 is 10.6 Å². The molecular formula is C18H30N2O. The zero-order chi connectivity index (χ0) is 16.3. The molecule has 1 aromatic rings. The first-order valence-corrected chi connectivity index (χ1v) is 7.64. The monoisotopic (exact) mass is 290 g/mol. The highest BCUT2D eigenvalue weighted by molar-refractivity contribution is 5.78. The minimum atomic E-state index is -0.0467. The molecule has 0 aromatic heterocycles. The SMILES string of the molecule is CC(NC(=O)CNC(C)(C)C)c1ccc(C(C)(C)C)cc1. The van der Waals surface area contributed by atoms with Crippen molar-refractivity contribution in [3.63, 3.8) is 0 Å². The largest absolute Gasteiger partial charge is 0.348 e. The van der Waals surface area contributed by atoms with Gasteiger partial charge in [-0.25, -0.2) is 0 Å². The molecule has 0 bridgehead atoms. The molecule has 0 saturated carbocycles. The first-order valence-electron chi connectivity index (χ1n) is 7.64. The van der Waals surface area contributed by atoms with Crippen molar-refractivity contribution in [1.82, 2.24) is 10.6 Å². The van der Waals surface area contributed by atoms with E-state index in [-0.39, 0.29) is 22.9 Å². The molecule has 0 heterocycles. The van der Waals surface area contributed by atoms with Gasteiger partial charge in [-0.1, -0.05) is 45.0 Å². The quantitative estimate of drug-likeness (QED) is 0.890. The number of carbonyl (C=O) groups excluding carboxylic acids is 1. The summed E-state index contributed by atoms with van der Waals surface area (Å²) in [5, 5.41) is 6.22. The maximum atomic E-state index is 11.9. The fraction of sp³-hybridized carbons (Fsp3) is 0.611. The van der Waals surface area contributed by atoms with Crippen molar-refractivity contribution in [3.05, 3.63) is 35.4 Å². The van der Waals surface area contributed by atoms with Gasteiger partial charge in [0.1, 0.15) is 0 Å². The van der Waals surface area contributed by atoms with Crippen molar-refractivity contribution in [3.8, 4) is 0 Å². The molecule has 1 aromatic carbocycles. The second-order valence-electron chi connectivity index (χ2n) is 7.76. The highest BCUT2D eigenvalue weighted by atomic mass is 16.1. The second kappa shape index (κ2) is 6.61. The van der Waals surface area contributed by atoms with Crippen molar-refractivity contribution in [2.75, 3.05) is 6.54 Å². The molecule has 1 atom stereocenters. The Morgan fingerprint density at radius 2 is 1.57 bits per heavy atom. The zero-order valence-corrected chi connectivity index (χ0v) is 14.5. The molecule has 2 N–H and O–H groups in total. The van der Waals surface area contributed by atoms with Gasteiger partial charge in [0.25, 0.3) is 0 Å². The van der Waals surface area contributed by atoms with Gasteiger partial charge in [-0.2, -0.15) is 0 Å². The Morgan fingerprint density at radius 3 is 2.00 bits per heavy atom. The van der Waals surface area contributed by atoms with Crippen LogP contribution in [0.1, 0.15) is 65.6 Å². The molecule has 21 heavy (non-hydrogen) atoms. The van der Waals surface area contributed by atoms with Crippen molar-refractivity contribution in [2.45, 2.75) is 65.5 Å². The minimum Gasteiger partial charge on any atom is -0.348 e. The number of carbonyl (C=O) groups is 1. The highest BCUT2D eigenvalue weighted by Crippen LogP contribution is 2.23. The van der Waals surface area contributed by atoms with Crippen LogP contribution in [-0.2, 0) is 10.2 Å². The van der Waals surface area contributed by atoms with Crippen LogP contribution >= 0.6 is 0 Å². The van der Waals surface area contributed by atoms with Crippen molar-refractivity contribution in [1.29, 1.82) is 0 Å². The van der Waals surface area contributed by atoms with Gasteiger partial charge in [0.05, 0.1) is 12.6 Å². The van der Waals surface area contributed by atoms with E-state index in [1.807, 2.05) is 6.92 Å². The average Bonchev–Trinajstić information content (AvgIpc) is 2.34. The molecule has 0 saturated heterocycles.